The van der Waals surface area contributed by atoms with Crippen molar-refractivity contribution in [3.05, 3.63) is 0 Å². The molecule has 4 nitrogen and oxygen atoms in total. The Kier molecular flexibility index (Phi) is 11.6. The number of nitrogens with zero attached hydrogens (tertiary/aromatic N) is 2. The molecule has 1 fully saturated rings. The first kappa shape index (κ1) is 20.0. The monoisotopic (exact) mass is 396 g/mol. The van der Waals surface area contributed by atoms with Gasteiger partial charge >= 0.3 is 0 Å². The first-order valence-corrected chi connectivity index (χ1v) is 8.00. The Bertz CT molecular complexity index is 261. The molecule has 0 amide bonds. The Morgan fingerprint density at radius 3 is 2.30 bits per heavy atom. The fourth-order valence-electron chi connectivity index (χ4n) is 2.77. The highest BCUT2D eigenvalue weighted by Crippen LogP contribution is 2.17. The van der Waals surface area contributed by atoms with Gasteiger partial charge in [-0.15, -0.1) is 24.0 Å². The molecule has 0 bridgehead atoms. The van der Waals surface area contributed by atoms with E-state index < -0.39 is 0 Å². The maximum Gasteiger partial charge on any atom is 0.191 e. The molecular weight excluding hydrogens is 363 g/mol. The maximum atomic E-state index is 4.75. The van der Waals surface area contributed by atoms with Gasteiger partial charge in [0, 0.05) is 18.6 Å². The van der Waals surface area contributed by atoms with Crippen molar-refractivity contribution >= 4 is 29.9 Å². The number of hydrogen-bond donors (Lipinski definition) is 2. The summed E-state index contributed by atoms with van der Waals surface area (Å²) in [5.41, 5.74) is 0. The Balaban J connectivity index is 0.00000361. The minimum Gasteiger partial charge on any atom is -0.357 e. The van der Waals surface area contributed by atoms with E-state index in [4.69, 9.17) is 4.99 Å². The van der Waals surface area contributed by atoms with Crippen LogP contribution in [0, 0.1) is 0 Å². The Hall–Kier alpha value is -0.0400. The van der Waals surface area contributed by atoms with E-state index in [9.17, 15) is 0 Å². The molecule has 0 aromatic rings. The highest BCUT2D eigenvalue weighted by molar-refractivity contribution is 14.0. The third-order valence-corrected chi connectivity index (χ3v) is 3.99. The van der Waals surface area contributed by atoms with E-state index in [0.29, 0.717) is 12.1 Å². The molecule has 0 aromatic heterocycles. The van der Waals surface area contributed by atoms with Gasteiger partial charge in [-0.1, -0.05) is 26.7 Å². The van der Waals surface area contributed by atoms with E-state index in [1.54, 1.807) is 0 Å². The predicted octanol–water partition coefficient (Wildman–Crippen LogP) is 2.83. The number of likely N-dealkylation sites (N-methyl/N-ethyl adjacent to an activating group) is 1. The summed E-state index contributed by atoms with van der Waals surface area (Å²) in [6, 6.07) is 1.13. The predicted molar refractivity (Wildman–Crippen MR) is 99.2 cm³/mol. The standard InChI is InChI=1S/C15H32N4.HI/c1-5-16-15(18-14-10-8-9-11-14)17-12-13(4)19(6-2)7-3;/h13-14H,5-12H2,1-4H3,(H2,16,17,18);1H. The van der Waals surface area contributed by atoms with Crippen LogP contribution in [0.5, 0.6) is 0 Å². The van der Waals surface area contributed by atoms with Crippen molar-refractivity contribution in [2.24, 2.45) is 4.99 Å². The summed E-state index contributed by atoms with van der Waals surface area (Å²) < 4.78 is 0. The van der Waals surface area contributed by atoms with Gasteiger partial charge in [-0.25, -0.2) is 0 Å². The number of guanidine groups is 1. The fourth-order valence-corrected chi connectivity index (χ4v) is 2.77. The SMILES string of the molecule is CCNC(=NCC(C)N(CC)CC)NC1CCCC1.I. The second-order valence-corrected chi connectivity index (χ2v) is 5.42. The molecule has 2 N–H and O–H groups in total. The lowest BCUT2D eigenvalue weighted by Gasteiger charge is -2.25. The van der Waals surface area contributed by atoms with Crippen LogP contribution < -0.4 is 10.6 Å². The molecule has 1 aliphatic carbocycles. The van der Waals surface area contributed by atoms with Crippen molar-refractivity contribution in [2.45, 2.75) is 65.5 Å². The van der Waals surface area contributed by atoms with Gasteiger partial charge in [0.05, 0.1) is 6.54 Å². The van der Waals surface area contributed by atoms with Crippen LogP contribution in [0.25, 0.3) is 0 Å². The van der Waals surface area contributed by atoms with Crippen molar-refractivity contribution in [2.75, 3.05) is 26.2 Å². The van der Waals surface area contributed by atoms with Crippen LogP contribution in [-0.4, -0.2) is 49.1 Å². The summed E-state index contributed by atoms with van der Waals surface area (Å²) in [7, 11) is 0. The van der Waals surface area contributed by atoms with Gasteiger partial charge in [0.2, 0.25) is 0 Å². The molecule has 1 rings (SSSR count). The average Bonchev–Trinajstić information content (AvgIpc) is 2.90. The van der Waals surface area contributed by atoms with Crippen LogP contribution in [-0.2, 0) is 0 Å². The van der Waals surface area contributed by atoms with Crippen LogP contribution in [0.3, 0.4) is 0 Å². The molecule has 5 heteroatoms. The lowest BCUT2D eigenvalue weighted by atomic mass is 10.2. The molecule has 0 aromatic carbocycles. The molecule has 1 aliphatic rings. The average molecular weight is 396 g/mol. The molecule has 0 heterocycles. The van der Waals surface area contributed by atoms with Crippen molar-refractivity contribution in [3.8, 4) is 0 Å². The number of aliphatic imine (C=N–C) groups is 1. The molecule has 0 saturated heterocycles. The number of rotatable bonds is 7. The second-order valence-electron chi connectivity index (χ2n) is 5.42. The first-order chi connectivity index (χ1) is 9.21. The van der Waals surface area contributed by atoms with Crippen molar-refractivity contribution < 1.29 is 0 Å². The normalized spacial score (nSPS) is 17.9. The first-order valence-electron chi connectivity index (χ1n) is 8.00. The largest absolute Gasteiger partial charge is 0.357 e. The molecule has 1 atom stereocenters. The summed E-state index contributed by atoms with van der Waals surface area (Å²) in [5, 5.41) is 6.93. The second kappa shape index (κ2) is 11.6. The lowest BCUT2D eigenvalue weighted by Crippen LogP contribution is -2.43. The summed E-state index contributed by atoms with van der Waals surface area (Å²) in [5.74, 6) is 0.994. The highest BCUT2D eigenvalue weighted by atomic mass is 127. The van der Waals surface area contributed by atoms with E-state index in [1.807, 2.05) is 0 Å². The van der Waals surface area contributed by atoms with Crippen molar-refractivity contribution in [1.29, 1.82) is 0 Å². The molecule has 20 heavy (non-hydrogen) atoms. The summed E-state index contributed by atoms with van der Waals surface area (Å²) in [4.78, 5) is 7.19. The van der Waals surface area contributed by atoms with Gasteiger partial charge in [0.15, 0.2) is 5.96 Å². The third kappa shape index (κ3) is 7.11. The minimum atomic E-state index is 0. The van der Waals surface area contributed by atoms with Crippen LogP contribution in [0.4, 0.5) is 0 Å². The topological polar surface area (TPSA) is 39.7 Å². The lowest BCUT2D eigenvalue weighted by molar-refractivity contribution is 0.237. The zero-order valence-electron chi connectivity index (χ0n) is 13.6. The van der Waals surface area contributed by atoms with Crippen molar-refractivity contribution in [3.63, 3.8) is 0 Å². The molecule has 1 unspecified atom stereocenters. The van der Waals surface area contributed by atoms with E-state index in [1.165, 1.54) is 25.7 Å². The van der Waals surface area contributed by atoms with Crippen molar-refractivity contribution in [1.82, 2.24) is 15.5 Å². The summed E-state index contributed by atoms with van der Waals surface area (Å²) in [6.45, 7) is 12.8. The van der Waals surface area contributed by atoms with Crippen LogP contribution >= 0.6 is 24.0 Å². The Morgan fingerprint density at radius 2 is 1.80 bits per heavy atom. The zero-order valence-corrected chi connectivity index (χ0v) is 15.9. The van der Waals surface area contributed by atoms with E-state index in [2.05, 4.69) is 43.2 Å². The van der Waals surface area contributed by atoms with E-state index in [-0.39, 0.29) is 24.0 Å². The molecular formula is C15H33IN4. The molecule has 120 valence electrons. The van der Waals surface area contributed by atoms with Gasteiger partial charge in [0.1, 0.15) is 0 Å². The minimum absolute atomic E-state index is 0. The third-order valence-electron chi connectivity index (χ3n) is 3.99. The van der Waals surface area contributed by atoms with E-state index >= 15 is 0 Å². The van der Waals surface area contributed by atoms with Gasteiger partial charge in [-0.2, -0.15) is 0 Å². The number of halogens is 1. The number of hydrogen-bond acceptors (Lipinski definition) is 2. The summed E-state index contributed by atoms with van der Waals surface area (Å²) in [6.07, 6.45) is 5.28. The van der Waals surface area contributed by atoms with Crippen LogP contribution in [0.1, 0.15) is 53.4 Å². The quantitative estimate of drug-likeness (QED) is 0.395. The van der Waals surface area contributed by atoms with E-state index in [0.717, 1.165) is 32.1 Å². The van der Waals surface area contributed by atoms with Gasteiger partial charge < -0.3 is 10.6 Å². The molecule has 0 aliphatic heterocycles. The molecule has 0 spiro atoms. The fraction of sp³-hybridized carbons (Fsp3) is 0.933. The van der Waals surface area contributed by atoms with Gasteiger partial charge in [-0.3, -0.25) is 9.89 Å². The maximum absolute atomic E-state index is 4.75. The smallest absolute Gasteiger partial charge is 0.191 e. The van der Waals surface area contributed by atoms with Gasteiger partial charge in [0.25, 0.3) is 0 Å². The number of nitrogens with one attached hydrogen (secondary N) is 2. The summed E-state index contributed by atoms with van der Waals surface area (Å²) >= 11 is 0. The molecule has 0 radical (unpaired) electrons. The Morgan fingerprint density at radius 1 is 1.20 bits per heavy atom. The van der Waals surface area contributed by atoms with Crippen LogP contribution in [0.15, 0.2) is 4.99 Å². The van der Waals surface area contributed by atoms with Gasteiger partial charge in [-0.05, 0) is 39.8 Å². The molecule has 1 saturated carbocycles. The Labute approximate surface area is 142 Å². The highest BCUT2D eigenvalue weighted by Gasteiger charge is 2.16. The van der Waals surface area contributed by atoms with Crippen LogP contribution in [0.2, 0.25) is 0 Å². The zero-order chi connectivity index (χ0) is 14.1.